The first-order chi connectivity index (χ1) is 14.1. The molecule has 154 valence electrons. The second-order valence-electron chi connectivity index (χ2n) is 7.92. The normalized spacial score (nSPS) is 27.7. The molecule has 4 atom stereocenters. The standard InChI is InChI=1S/C22H28N4O2S/c1-14-3-7-17(8-4-14)29-12-10-25-22(23-2)24-9-11-26-20(27)18-15-5-6-16(13-15)19(18)21(26)28/h3-8,15-16,18-19H,9-13H2,1-2H3,(H2,23,24,25). The SMILES string of the molecule is CN=C(NCCSc1ccc(C)cc1)NCCN1C(=O)C2C3C=CC(C3)C2C1=O. The third-order valence-electron chi connectivity index (χ3n) is 6.10. The van der Waals surface area contributed by atoms with Crippen molar-refractivity contribution in [1.82, 2.24) is 15.5 Å². The Bertz CT molecular complexity index is 806. The van der Waals surface area contributed by atoms with E-state index < -0.39 is 0 Å². The minimum Gasteiger partial charge on any atom is -0.356 e. The maximum atomic E-state index is 12.7. The Morgan fingerprint density at radius 3 is 2.31 bits per heavy atom. The molecular weight excluding hydrogens is 384 g/mol. The first-order valence-corrected chi connectivity index (χ1v) is 11.2. The molecule has 29 heavy (non-hydrogen) atoms. The molecule has 2 amide bonds. The van der Waals surface area contributed by atoms with Crippen molar-refractivity contribution < 1.29 is 9.59 Å². The van der Waals surface area contributed by atoms with Gasteiger partial charge in [0.05, 0.1) is 11.8 Å². The van der Waals surface area contributed by atoms with E-state index in [1.165, 1.54) is 15.4 Å². The van der Waals surface area contributed by atoms with Crippen LogP contribution in [0.5, 0.6) is 0 Å². The van der Waals surface area contributed by atoms with Crippen molar-refractivity contribution >= 4 is 29.5 Å². The quantitative estimate of drug-likeness (QED) is 0.179. The average molecular weight is 413 g/mol. The summed E-state index contributed by atoms with van der Waals surface area (Å²) in [5.74, 6) is 1.93. The molecule has 2 aliphatic carbocycles. The van der Waals surface area contributed by atoms with Crippen molar-refractivity contribution in [2.24, 2.45) is 28.7 Å². The number of imide groups is 1. The van der Waals surface area contributed by atoms with Crippen molar-refractivity contribution in [3.05, 3.63) is 42.0 Å². The van der Waals surface area contributed by atoms with Gasteiger partial charge in [-0.25, -0.2) is 0 Å². The largest absolute Gasteiger partial charge is 0.356 e. The van der Waals surface area contributed by atoms with Gasteiger partial charge in [-0.1, -0.05) is 29.8 Å². The summed E-state index contributed by atoms with van der Waals surface area (Å²) in [7, 11) is 1.72. The number of guanidine groups is 1. The van der Waals surface area contributed by atoms with Crippen molar-refractivity contribution in [1.29, 1.82) is 0 Å². The summed E-state index contributed by atoms with van der Waals surface area (Å²) in [5.41, 5.74) is 1.26. The number of hydrogen-bond donors (Lipinski definition) is 2. The molecule has 1 saturated carbocycles. The van der Waals surface area contributed by atoms with Gasteiger partial charge in [-0.3, -0.25) is 19.5 Å². The van der Waals surface area contributed by atoms with Crippen LogP contribution in [0.25, 0.3) is 0 Å². The molecule has 2 bridgehead atoms. The summed E-state index contributed by atoms with van der Waals surface area (Å²) in [6.07, 6.45) is 5.22. The molecule has 1 aromatic rings. The highest BCUT2D eigenvalue weighted by Crippen LogP contribution is 2.52. The molecule has 3 aliphatic rings. The van der Waals surface area contributed by atoms with E-state index in [0.29, 0.717) is 19.0 Å². The first-order valence-electron chi connectivity index (χ1n) is 10.3. The first kappa shape index (κ1) is 20.0. The number of aryl methyl sites for hydroxylation is 1. The number of likely N-dealkylation sites (tertiary alicyclic amines) is 1. The van der Waals surface area contributed by atoms with E-state index in [1.807, 2.05) is 0 Å². The number of carbonyl (C=O) groups is 2. The molecule has 0 spiro atoms. The van der Waals surface area contributed by atoms with Gasteiger partial charge in [0.1, 0.15) is 0 Å². The Balaban J connectivity index is 1.18. The van der Waals surface area contributed by atoms with E-state index in [0.717, 1.165) is 18.7 Å². The number of nitrogens with zero attached hydrogens (tertiary/aromatic N) is 2. The number of allylic oxidation sites excluding steroid dienone is 2. The second kappa shape index (κ2) is 8.61. The van der Waals surface area contributed by atoms with Gasteiger partial charge in [0, 0.05) is 37.3 Å². The zero-order valence-corrected chi connectivity index (χ0v) is 17.7. The third kappa shape index (κ3) is 4.06. The number of benzene rings is 1. The maximum Gasteiger partial charge on any atom is 0.233 e. The predicted octanol–water partition coefficient (Wildman–Crippen LogP) is 2.06. The molecule has 2 N–H and O–H groups in total. The van der Waals surface area contributed by atoms with Gasteiger partial charge in [0.15, 0.2) is 5.96 Å². The summed E-state index contributed by atoms with van der Waals surface area (Å²) >= 11 is 1.79. The fourth-order valence-electron chi connectivity index (χ4n) is 4.66. The number of nitrogens with one attached hydrogen (secondary N) is 2. The monoisotopic (exact) mass is 412 g/mol. The minimum absolute atomic E-state index is 0.0103. The molecule has 1 aromatic carbocycles. The summed E-state index contributed by atoms with van der Waals surface area (Å²) in [6, 6.07) is 8.50. The molecular formula is C22H28N4O2S. The number of carbonyl (C=O) groups excluding carboxylic acids is 2. The Hall–Kier alpha value is -2.28. The van der Waals surface area contributed by atoms with Crippen LogP contribution in [0, 0.1) is 30.6 Å². The molecule has 7 heteroatoms. The van der Waals surface area contributed by atoms with Gasteiger partial charge in [-0.15, -0.1) is 11.8 Å². The summed E-state index contributed by atoms with van der Waals surface area (Å²) in [6.45, 7) is 3.76. The van der Waals surface area contributed by atoms with E-state index in [2.05, 4.69) is 59.0 Å². The summed E-state index contributed by atoms with van der Waals surface area (Å²) in [5, 5.41) is 6.50. The second-order valence-corrected chi connectivity index (χ2v) is 9.08. The van der Waals surface area contributed by atoms with Gasteiger partial charge < -0.3 is 10.6 Å². The lowest BCUT2D eigenvalue weighted by Crippen LogP contribution is -2.44. The fraction of sp³-hybridized carbons (Fsp3) is 0.500. The van der Waals surface area contributed by atoms with E-state index in [4.69, 9.17) is 0 Å². The molecule has 1 heterocycles. The Labute approximate surface area is 176 Å². The lowest BCUT2D eigenvalue weighted by atomic mass is 9.85. The van der Waals surface area contributed by atoms with Crippen molar-refractivity contribution in [2.75, 3.05) is 32.4 Å². The van der Waals surface area contributed by atoms with Crippen LogP contribution in [0.4, 0.5) is 0 Å². The lowest BCUT2D eigenvalue weighted by Gasteiger charge is -2.18. The number of aliphatic imine (C=N–C) groups is 1. The molecule has 0 aromatic heterocycles. The fourth-order valence-corrected chi connectivity index (χ4v) is 5.43. The number of rotatable bonds is 7. The minimum atomic E-state index is -0.117. The number of fused-ring (bicyclic) bond motifs is 5. The van der Waals surface area contributed by atoms with E-state index in [1.54, 1.807) is 18.8 Å². The van der Waals surface area contributed by atoms with Crippen molar-refractivity contribution in [3.63, 3.8) is 0 Å². The van der Waals surface area contributed by atoms with Crippen LogP contribution in [0.3, 0.4) is 0 Å². The highest BCUT2D eigenvalue weighted by Gasteiger charge is 2.58. The van der Waals surface area contributed by atoms with Gasteiger partial charge in [0.25, 0.3) is 0 Å². The van der Waals surface area contributed by atoms with Crippen LogP contribution in [0.2, 0.25) is 0 Å². The molecule has 4 unspecified atom stereocenters. The summed E-state index contributed by atoms with van der Waals surface area (Å²) < 4.78 is 0. The smallest absolute Gasteiger partial charge is 0.233 e. The zero-order valence-electron chi connectivity index (χ0n) is 16.9. The number of hydrogen-bond acceptors (Lipinski definition) is 4. The lowest BCUT2D eigenvalue weighted by molar-refractivity contribution is -0.140. The highest BCUT2D eigenvalue weighted by atomic mass is 32.2. The van der Waals surface area contributed by atoms with E-state index in [-0.39, 0.29) is 35.5 Å². The van der Waals surface area contributed by atoms with Gasteiger partial charge in [-0.05, 0) is 37.3 Å². The van der Waals surface area contributed by atoms with Crippen LogP contribution in [0.15, 0.2) is 46.3 Å². The van der Waals surface area contributed by atoms with Crippen LogP contribution >= 0.6 is 11.8 Å². The van der Waals surface area contributed by atoms with Crippen LogP contribution < -0.4 is 10.6 Å². The van der Waals surface area contributed by atoms with Gasteiger partial charge >= 0.3 is 0 Å². The molecule has 6 nitrogen and oxygen atoms in total. The molecule has 2 fully saturated rings. The number of thioether (sulfide) groups is 1. The third-order valence-corrected chi connectivity index (χ3v) is 7.11. The van der Waals surface area contributed by atoms with E-state index in [9.17, 15) is 9.59 Å². The van der Waals surface area contributed by atoms with Crippen LogP contribution in [-0.4, -0.2) is 55.1 Å². The molecule has 0 radical (unpaired) electrons. The van der Waals surface area contributed by atoms with Crippen molar-refractivity contribution in [3.8, 4) is 0 Å². The highest BCUT2D eigenvalue weighted by molar-refractivity contribution is 7.99. The Morgan fingerprint density at radius 1 is 1.07 bits per heavy atom. The topological polar surface area (TPSA) is 73.8 Å². The molecule has 1 saturated heterocycles. The van der Waals surface area contributed by atoms with E-state index >= 15 is 0 Å². The van der Waals surface area contributed by atoms with Gasteiger partial charge in [-0.2, -0.15) is 0 Å². The van der Waals surface area contributed by atoms with Crippen molar-refractivity contribution in [2.45, 2.75) is 18.2 Å². The number of amides is 2. The average Bonchev–Trinajstić information content (AvgIpc) is 3.40. The Kier molecular flexibility index (Phi) is 5.94. The molecule has 4 rings (SSSR count). The predicted molar refractivity (Wildman–Crippen MR) is 116 cm³/mol. The van der Waals surface area contributed by atoms with Crippen LogP contribution in [0.1, 0.15) is 12.0 Å². The zero-order chi connectivity index (χ0) is 20.4. The summed E-state index contributed by atoms with van der Waals surface area (Å²) in [4.78, 5) is 32.3. The Morgan fingerprint density at radius 2 is 1.69 bits per heavy atom. The van der Waals surface area contributed by atoms with Gasteiger partial charge in [0.2, 0.25) is 11.8 Å². The molecule has 1 aliphatic heterocycles. The maximum absolute atomic E-state index is 12.7. The van der Waals surface area contributed by atoms with Crippen LogP contribution in [-0.2, 0) is 9.59 Å².